The Morgan fingerprint density at radius 3 is 2.71 bits per heavy atom. The number of anilines is 1. The van der Waals surface area contributed by atoms with Crippen LogP contribution in [-0.2, 0) is 17.6 Å². The minimum absolute atomic E-state index is 0.193. The van der Waals surface area contributed by atoms with Crippen LogP contribution in [0.3, 0.4) is 0 Å². The molecule has 0 bridgehead atoms. The highest BCUT2D eigenvalue weighted by Crippen LogP contribution is 2.38. The predicted octanol–water partition coefficient (Wildman–Crippen LogP) is 4.89. The van der Waals surface area contributed by atoms with Crippen molar-refractivity contribution in [2.75, 3.05) is 5.32 Å². The summed E-state index contributed by atoms with van der Waals surface area (Å²) in [6, 6.07) is 10.1. The summed E-state index contributed by atoms with van der Waals surface area (Å²) in [5, 5.41) is 34.2. The van der Waals surface area contributed by atoms with Crippen molar-refractivity contribution in [3.63, 3.8) is 0 Å². The second kappa shape index (κ2) is 10.3. The first kappa shape index (κ1) is 23.1. The SMILES string of the molecule is N#C/C(=C/c1ccc(Sc2ncccn2)c([N+](=O)[O-])c1)C(=O)Nc1sc2c(c1C#N)CCCC2. The number of benzene rings is 1. The maximum Gasteiger partial charge on any atom is 0.283 e. The lowest BCUT2D eigenvalue weighted by atomic mass is 9.96. The average molecular weight is 489 g/mol. The fraction of sp³-hybridized carbons (Fsp3) is 0.174. The van der Waals surface area contributed by atoms with Gasteiger partial charge in [0.2, 0.25) is 0 Å². The van der Waals surface area contributed by atoms with E-state index >= 15 is 0 Å². The van der Waals surface area contributed by atoms with E-state index in [0.717, 1.165) is 47.9 Å². The number of hydrogen-bond acceptors (Lipinski definition) is 9. The minimum Gasteiger partial charge on any atom is -0.312 e. The number of thiophene rings is 1. The smallest absolute Gasteiger partial charge is 0.283 e. The number of nitro groups is 1. The predicted molar refractivity (Wildman–Crippen MR) is 127 cm³/mol. The lowest BCUT2D eigenvalue weighted by Crippen LogP contribution is -2.13. The van der Waals surface area contributed by atoms with Crippen LogP contribution in [0, 0.1) is 32.8 Å². The lowest BCUT2D eigenvalue weighted by molar-refractivity contribution is -0.387. The van der Waals surface area contributed by atoms with Gasteiger partial charge in [0, 0.05) is 23.3 Å². The highest BCUT2D eigenvalue weighted by atomic mass is 32.2. The molecule has 0 aliphatic heterocycles. The summed E-state index contributed by atoms with van der Waals surface area (Å²) >= 11 is 2.41. The van der Waals surface area contributed by atoms with Gasteiger partial charge in [0.05, 0.1) is 15.4 Å². The topological polar surface area (TPSA) is 146 Å². The molecule has 0 radical (unpaired) electrons. The van der Waals surface area contributed by atoms with E-state index in [1.54, 1.807) is 12.1 Å². The van der Waals surface area contributed by atoms with Gasteiger partial charge in [-0.25, -0.2) is 9.97 Å². The quantitative estimate of drug-likeness (QED) is 0.170. The number of amides is 1. The molecule has 1 aliphatic carbocycles. The molecule has 1 amide bonds. The van der Waals surface area contributed by atoms with E-state index in [-0.39, 0.29) is 11.3 Å². The summed E-state index contributed by atoms with van der Waals surface area (Å²) in [4.78, 5) is 33.4. The van der Waals surface area contributed by atoms with E-state index in [0.29, 0.717) is 26.2 Å². The van der Waals surface area contributed by atoms with Crippen molar-refractivity contribution >= 4 is 45.8 Å². The summed E-state index contributed by atoms with van der Waals surface area (Å²) in [5.41, 5.74) is 1.33. The molecule has 2 aromatic heterocycles. The minimum atomic E-state index is -0.670. The highest BCUT2D eigenvalue weighted by molar-refractivity contribution is 7.99. The van der Waals surface area contributed by atoms with Crippen LogP contribution in [0.4, 0.5) is 10.7 Å². The fourth-order valence-corrected chi connectivity index (χ4v) is 5.58. The van der Waals surface area contributed by atoms with Crippen molar-refractivity contribution in [3.8, 4) is 12.1 Å². The first-order valence-electron chi connectivity index (χ1n) is 10.2. The number of fused-ring (bicyclic) bond motifs is 1. The standard InChI is InChI=1S/C23H16N6O3S2/c24-12-15(21(30)28-22-17(13-25)16-4-1-2-5-19(16)33-22)10-14-6-7-20(18(11-14)29(31)32)34-23-26-8-3-9-27-23/h3,6-11H,1-2,4-5H2,(H,28,30)/b15-10-. The first-order valence-corrected chi connectivity index (χ1v) is 11.8. The van der Waals surface area contributed by atoms with Crippen LogP contribution in [0.5, 0.6) is 0 Å². The van der Waals surface area contributed by atoms with Gasteiger partial charge in [0.1, 0.15) is 22.7 Å². The Hall–Kier alpha value is -4.06. The molecule has 9 nitrogen and oxygen atoms in total. The average Bonchev–Trinajstić information content (AvgIpc) is 3.20. The lowest BCUT2D eigenvalue weighted by Gasteiger charge is -2.09. The number of rotatable bonds is 6. The fourth-order valence-electron chi connectivity index (χ4n) is 3.55. The number of hydrogen-bond donors (Lipinski definition) is 1. The van der Waals surface area contributed by atoms with Gasteiger partial charge < -0.3 is 5.32 Å². The van der Waals surface area contributed by atoms with Crippen LogP contribution in [0.25, 0.3) is 6.08 Å². The van der Waals surface area contributed by atoms with E-state index in [4.69, 9.17) is 0 Å². The van der Waals surface area contributed by atoms with Crippen LogP contribution in [-0.4, -0.2) is 20.8 Å². The summed E-state index contributed by atoms with van der Waals surface area (Å²) in [6.07, 6.45) is 8.07. The molecule has 1 N–H and O–H groups in total. The van der Waals surface area contributed by atoms with Crippen molar-refractivity contribution in [1.82, 2.24) is 9.97 Å². The number of nitriles is 2. The molecule has 0 saturated carbocycles. The molecule has 0 saturated heterocycles. The summed E-state index contributed by atoms with van der Waals surface area (Å²) in [7, 11) is 0. The van der Waals surface area contributed by atoms with Crippen LogP contribution in [0.2, 0.25) is 0 Å². The van der Waals surface area contributed by atoms with Crippen molar-refractivity contribution in [2.24, 2.45) is 0 Å². The molecule has 1 aliphatic rings. The summed E-state index contributed by atoms with van der Waals surface area (Å²) in [6.45, 7) is 0. The van der Waals surface area contributed by atoms with Gasteiger partial charge in [-0.15, -0.1) is 11.3 Å². The molecular weight excluding hydrogens is 472 g/mol. The number of nitrogens with one attached hydrogen (secondary N) is 1. The first-order chi connectivity index (χ1) is 16.5. The molecule has 2 heterocycles. The summed E-state index contributed by atoms with van der Waals surface area (Å²) < 4.78 is 0. The number of carbonyl (C=O) groups excluding carboxylic acids is 1. The zero-order valence-corrected chi connectivity index (χ0v) is 19.3. The van der Waals surface area contributed by atoms with Crippen molar-refractivity contribution in [2.45, 2.75) is 35.7 Å². The van der Waals surface area contributed by atoms with Crippen LogP contribution < -0.4 is 5.32 Å². The number of carbonyl (C=O) groups is 1. The molecule has 0 fully saturated rings. The second-order valence-corrected chi connectivity index (χ2v) is 9.38. The number of nitro benzene ring substituents is 1. The number of nitrogens with zero attached hydrogens (tertiary/aromatic N) is 5. The molecule has 0 unspecified atom stereocenters. The van der Waals surface area contributed by atoms with Gasteiger partial charge >= 0.3 is 0 Å². The molecule has 4 rings (SSSR count). The van der Waals surface area contributed by atoms with Crippen molar-refractivity contribution in [1.29, 1.82) is 10.5 Å². The van der Waals surface area contributed by atoms with Gasteiger partial charge in [-0.05, 0) is 66.8 Å². The maximum absolute atomic E-state index is 12.8. The largest absolute Gasteiger partial charge is 0.312 e. The van der Waals surface area contributed by atoms with Gasteiger partial charge in [-0.3, -0.25) is 14.9 Å². The molecule has 34 heavy (non-hydrogen) atoms. The van der Waals surface area contributed by atoms with E-state index < -0.39 is 10.8 Å². The third-order valence-electron chi connectivity index (χ3n) is 5.11. The summed E-state index contributed by atoms with van der Waals surface area (Å²) in [5.74, 6) is -0.670. The Bertz CT molecular complexity index is 1390. The molecule has 168 valence electrons. The third-order valence-corrected chi connectivity index (χ3v) is 7.28. The number of aromatic nitrogens is 2. The molecular formula is C23H16N6O3S2. The van der Waals surface area contributed by atoms with Gasteiger partial charge in [0.15, 0.2) is 5.16 Å². The van der Waals surface area contributed by atoms with E-state index in [2.05, 4.69) is 21.4 Å². The monoisotopic (exact) mass is 488 g/mol. The molecule has 3 aromatic rings. The molecule has 0 spiro atoms. The molecule has 1 aromatic carbocycles. The van der Waals surface area contributed by atoms with Gasteiger partial charge in [-0.2, -0.15) is 10.5 Å². The maximum atomic E-state index is 12.8. The Balaban J connectivity index is 1.60. The van der Waals surface area contributed by atoms with Gasteiger partial charge in [-0.1, -0.05) is 6.07 Å². The Morgan fingerprint density at radius 1 is 1.24 bits per heavy atom. The van der Waals surface area contributed by atoms with Crippen LogP contribution >= 0.6 is 23.1 Å². The van der Waals surface area contributed by atoms with Crippen LogP contribution in [0.1, 0.15) is 34.4 Å². The van der Waals surface area contributed by atoms with E-state index in [1.807, 2.05) is 6.07 Å². The van der Waals surface area contributed by atoms with Crippen molar-refractivity contribution < 1.29 is 9.72 Å². The number of aryl methyl sites for hydroxylation is 1. The normalized spacial score (nSPS) is 12.8. The van der Waals surface area contributed by atoms with Gasteiger partial charge in [0.25, 0.3) is 11.6 Å². The van der Waals surface area contributed by atoms with Crippen LogP contribution in [0.15, 0.2) is 52.3 Å². The van der Waals surface area contributed by atoms with E-state index in [9.17, 15) is 25.4 Å². The Labute approximate surface area is 202 Å². The van der Waals surface area contributed by atoms with E-state index in [1.165, 1.54) is 41.9 Å². The highest BCUT2D eigenvalue weighted by Gasteiger charge is 2.23. The zero-order valence-electron chi connectivity index (χ0n) is 17.6. The third kappa shape index (κ3) is 4.96. The Kier molecular flexibility index (Phi) is 6.97. The second-order valence-electron chi connectivity index (χ2n) is 7.27. The molecule has 0 atom stereocenters. The molecule has 11 heteroatoms. The van der Waals surface area contributed by atoms with Crippen molar-refractivity contribution in [3.05, 3.63) is 73.9 Å². The Morgan fingerprint density at radius 2 is 2.00 bits per heavy atom. The zero-order chi connectivity index (χ0) is 24.1.